The first kappa shape index (κ1) is 19.5. The Bertz CT molecular complexity index is 134. The van der Waals surface area contributed by atoms with E-state index in [4.69, 9.17) is 9.47 Å². The zero-order valence-corrected chi connectivity index (χ0v) is 9.39. The molecule has 0 fully saturated rings. The normalized spacial score (nSPS) is 13.9. The van der Waals surface area contributed by atoms with Crippen LogP contribution in [-0.4, -0.2) is 19.0 Å². The number of rotatable bonds is 3. The van der Waals surface area contributed by atoms with E-state index in [0.717, 1.165) is 0 Å². The van der Waals surface area contributed by atoms with E-state index in [-0.39, 0.29) is 32.2 Å². The van der Waals surface area contributed by atoms with Crippen LogP contribution < -0.4 is 0 Å². The van der Waals surface area contributed by atoms with Crippen LogP contribution in [-0.2, 0) is 9.47 Å². The molecule has 0 aliphatic heterocycles. The minimum absolute atomic E-state index is 0. The Morgan fingerprint density at radius 2 is 1.29 bits per heavy atom. The SMILES string of the molecule is C.C.COC(C)OC(C)(C)C(C)(C)C. The highest BCUT2D eigenvalue weighted by molar-refractivity contribution is 4.83. The molecule has 0 saturated heterocycles. The Morgan fingerprint density at radius 1 is 0.929 bits per heavy atom. The zero-order chi connectivity index (χ0) is 9.99. The van der Waals surface area contributed by atoms with Gasteiger partial charge in [0.2, 0.25) is 0 Å². The monoisotopic (exact) mass is 206 g/mol. The van der Waals surface area contributed by atoms with Gasteiger partial charge in [-0.3, -0.25) is 0 Å². The van der Waals surface area contributed by atoms with Gasteiger partial charge < -0.3 is 9.47 Å². The highest BCUT2D eigenvalue weighted by atomic mass is 16.7. The van der Waals surface area contributed by atoms with Crippen LogP contribution in [0, 0.1) is 5.41 Å². The summed E-state index contributed by atoms with van der Waals surface area (Å²) in [6.45, 7) is 12.6. The van der Waals surface area contributed by atoms with Gasteiger partial charge in [-0.25, -0.2) is 0 Å². The minimum atomic E-state index is -0.164. The summed E-state index contributed by atoms with van der Waals surface area (Å²) in [4.78, 5) is 0. The molecule has 0 amide bonds. The van der Waals surface area contributed by atoms with Crippen molar-refractivity contribution in [1.29, 1.82) is 0 Å². The first-order chi connectivity index (χ1) is 5.20. The molecule has 2 nitrogen and oxygen atoms in total. The summed E-state index contributed by atoms with van der Waals surface area (Å²) in [6.07, 6.45) is -0.140. The van der Waals surface area contributed by atoms with Crippen molar-refractivity contribution in [2.75, 3.05) is 7.11 Å². The molecule has 0 aromatic heterocycles. The first-order valence-electron chi connectivity index (χ1n) is 4.41. The van der Waals surface area contributed by atoms with Crippen LogP contribution in [0.25, 0.3) is 0 Å². The molecule has 0 radical (unpaired) electrons. The molecule has 0 aliphatic carbocycles. The van der Waals surface area contributed by atoms with E-state index in [0.29, 0.717) is 0 Å². The van der Waals surface area contributed by atoms with E-state index in [9.17, 15) is 0 Å². The first-order valence-corrected chi connectivity index (χ1v) is 4.41. The maximum atomic E-state index is 5.73. The fourth-order valence-electron chi connectivity index (χ4n) is 0.640. The molecule has 0 spiro atoms. The van der Waals surface area contributed by atoms with Gasteiger partial charge in [0.1, 0.15) is 0 Å². The van der Waals surface area contributed by atoms with Crippen LogP contribution >= 0.6 is 0 Å². The van der Waals surface area contributed by atoms with Crippen molar-refractivity contribution in [1.82, 2.24) is 0 Å². The Labute approximate surface area is 91.0 Å². The maximum absolute atomic E-state index is 5.73. The minimum Gasteiger partial charge on any atom is -0.356 e. The molecule has 1 unspecified atom stereocenters. The second-order valence-corrected chi connectivity index (χ2v) is 4.68. The second-order valence-electron chi connectivity index (χ2n) is 4.68. The van der Waals surface area contributed by atoms with E-state index in [1.165, 1.54) is 0 Å². The largest absolute Gasteiger partial charge is 0.356 e. The molecule has 0 N–H and O–H groups in total. The third-order valence-corrected chi connectivity index (χ3v) is 2.60. The average Bonchev–Trinajstić information content (AvgIpc) is 1.84. The highest BCUT2D eigenvalue weighted by Crippen LogP contribution is 2.33. The molecule has 0 aromatic rings. The molecule has 2 heteroatoms. The van der Waals surface area contributed by atoms with Gasteiger partial charge in [-0.05, 0) is 26.2 Å². The molecule has 0 saturated carbocycles. The van der Waals surface area contributed by atoms with Crippen molar-refractivity contribution < 1.29 is 9.47 Å². The van der Waals surface area contributed by atoms with Crippen LogP contribution in [0.2, 0.25) is 0 Å². The highest BCUT2D eigenvalue weighted by Gasteiger charge is 2.35. The predicted molar refractivity (Wildman–Crippen MR) is 64.6 cm³/mol. The number of hydrogen-bond donors (Lipinski definition) is 0. The summed E-state index contributed by atoms with van der Waals surface area (Å²) >= 11 is 0. The van der Waals surface area contributed by atoms with E-state index < -0.39 is 0 Å². The number of methoxy groups -OCH3 is 1. The number of hydrogen-bond acceptors (Lipinski definition) is 2. The molecule has 0 aromatic carbocycles. The van der Waals surface area contributed by atoms with Crippen LogP contribution in [0.1, 0.15) is 56.4 Å². The van der Waals surface area contributed by atoms with Crippen molar-refractivity contribution >= 4 is 0 Å². The fourth-order valence-corrected chi connectivity index (χ4v) is 0.640. The van der Waals surface area contributed by atoms with E-state index in [1.54, 1.807) is 7.11 Å². The van der Waals surface area contributed by atoms with Gasteiger partial charge in [-0.2, -0.15) is 0 Å². The lowest BCUT2D eigenvalue weighted by Gasteiger charge is -2.40. The molecule has 0 aliphatic rings. The van der Waals surface area contributed by atoms with Crippen molar-refractivity contribution in [2.45, 2.75) is 68.3 Å². The second kappa shape index (κ2) is 6.41. The van der Waals surface area contributed by atoms with Crippen molar-refractivity contribution in [3.8, 4) is 0 Å². The maximum Gasteiger partial charge on any atom is 0.155 e. The Kier molecular flexibility index (Phi) is 8.92. The topological polar surface area (TPSA) is 18.5 Å². The molecular weight excluding hydrogens is 176 g/mol. The molecule has 0 rings (SSSR count). The quantitative estimate of drug-likeness (QED) is 0.647. The molecule has 1 atom stereocenters. The van der Waals surface area contributed by atoms with Gasteiger partial charge in [0.25, 0.3) is 0 Å². The van der Waals surface area contributed by atoms with Crippen molar-refractivity contribution in [3.63, 3.8) is 0 Å². The number of ether oxygens (including phenoxy) is 2. The summed E-state index contributed by atoms with van der Waals surface area (Å²) in [5.41, 5.74) is -0.0395. The summed E-state index contributed by atoms with van der Waals surface area (Å²) in [7, 11) is 1.66. The molecule has 0 bridgehead atoms. The van der Waals surface area contributed by atoms with Crippen LogP contribution in [0.5, 0.6) is 0 Å². The Morgan fingerprint density at radius 3 is 1.50 bits per heavy atom. The van der Waals surface area contributed by atoms with Gasteiger partial charge in [-0.15, -0.1) is 0 Å². The summed E-state index contributed by atoms with van der Waals surface area (Å²) in [5.74, 6) is 0. The fraction of sp³-hybridized carbons (Fsp3) is 1.00. The molecular formula is C12H30O2. The lowest BCUT2D eigenvalue weighted by Crippen LogP contribution is -2.42. The van der Waals surface area contributed by atoms with Crippen LogP contribution in [0.4, 0.5) is 0 Å². The van der Waals surface area contributed by atoms with Crippen LogP contribution in [0.15, 0.2) is 0 Å². The third-order valence-electron chi connectivity index (χ3n) is 2.60. The van der Waals surface area contributed by atoms with E-state index in [2.05, 4.69) is 34.6 Å². The standard InChI is InChI=1S/C10H22O2.2CH4/c1-8(11-7)12-10(5,6)9(2,3)4;;/h8H,1-7H3;2*1H4. The Balaban J connectivity index is -0.000000605. The predicted octanol–water partition coefficient (Wildman–Crippen LogP) is 4.09. The van der Waals surface area contributed by atoms with Crippen molar-refractivity contribution in [2.24, 2.45) is 5.41 Å². The molecule has 0 heterocycles. The smallest absolute Gasteiger partial charge is 0.155 e. The summed E-state index contributed by atoms with van der Waals surface area (Å²) in [5, 5.41) is 0. The molecule has 14 heavy (non-hydrogen) atoms. The third kappa shape index (κ3) is 5.61. The van der Waals surface area contributed by atoms with E-state index >= 15 is 0 Å². The lowest BCUT2D eigenvalue weighted by atomic mass is 9.79. The summed E-state index contributed by atoms with van der Waals surface area (Å²) < 4.78 is 10.8. The van der Waals surface area contributed by atoms with Gasteiger partial charge in [0.05, 0.1) is 5.60 Å². The zero-order valence-electron chi connectivity index (χ0n) is 9.39. The average molecular weight is 206 g/mol. The van der Waals surface area contributed by atoms with Gasteiger partial charge in [0.15, 0.2) is 6.29 Å². The van der Waals surface area contributed by atoms with Crippen molar-refractivity contribution in [3.05, 3.63) is 0 Å². The van der Waals surface area contributed by atoms with Gasteiger partial charge in [0, 0.05) is 7.11 Å². The molecule has 90 valence electrons. The van der Waals surface area contributed by atoms with Gasteiger partial charge in [-0.1, -0.05) is 35.6 Å². The van der Waals surface area contributed by atoms with Crippen LogP contribution in [0.3, 0.4) is 0 Å². The summed E-state index contributed by atoms with van der Waals surface area (Å²) in [6, 6.07) is 0. The van der Waals surface area contributed by atoms with E-state index in [1.807, 2.05) is 6.92 Å². The Hall–Kier alpha value is -0.0800. The van der Waals surface area contributed by atoms with Gasteiger partial charge >= 0.3 is 0 Å². The lowest BCUT2D eigenvalue weighted by molar-refractivity contribution is -0.210.